The number of fused-ring (bicyclic) bond motifs is 8. The molecule has 4 heteroatoms. The first-order valence-corrected chi connectivity index (χ1v) is 24.8. The molecular weight excluding hydrogens is 846 g/mol. The predicted octanol–water partition coefficient (Wildman–Crippen LogP) is 16.4. The van der Waals surface area contributed by atoms with Gasteiger partial charge in [-0.3, -0.25) is 0 Å². The average molecular weight is 900 g/mol. The summed E-state index contributed by atoms with van der Waals surface area (Å²) in [5.74, 6) is 0. The number of hydrogen-bond acceptors (Lipinski definition) is 3. The minimum atomic E-state index is -0.145. The lowest BCUT2D eigenvalue weighted by Gasteiger charge is -2.45. The molecule has 0 spiro atoms. The zero-order chi connectivity index (χ0) is 47.5. The van der Waals surface area contributed by atoms with Crippen molar-refractivity contribution in [1.82, 2.24) is 0 Å². The quantitative estimate of drug-likeness (QED) is 0.159. The van der Waals surface area contributed by atoms with Crippen LogP contribution in [0.5, 0.6) is 0 Å². The lowest BCUT2D eigenvalue weighted by Crippen LogP contribution is -2.61. The molecule has 0 radical (unpaired) electrons. The van der Waals surface area contributed by atoms with Gasteiger partial charge in [-0.05, 0) is 142 Å². The lowest BCUT2D eigenvalue weighted by molar-refractivity contribution is 0.587. The molecule has 0 unspecified atom stereocenters. The van der Waals surface area contributed by atoms with Crippen molar-refractivity contribution in [2.24, 2.45) is 0 Å². The van der Waals surface area contributed by atoms with Crippen LogP contribution >= 0.6 is 0 Å². The highest BCUT2D eigenvalue weighted by Gasteiger charge is 2.45. The Balaban J connectivity index is 1.21. The van der Waals surface area contributed by atoms with Crippen molar-refractivity contribution in [2.45, 2.75) is 52.4 Å². The second-order valence-electron chi connectivity index (χ2n) is 21.5. The Morgan fingerprint density at radius 2 is 0.671 bits per heavy atom. The third kappa shape index (κ3) is 6.72. The average Bonchev–Trinajstić information content (AvgIpc) is 3.37. The van der Waals surface area contributed by atoms with E-state index >= 15 is 0 Å². The molecule has 70 heavy (non-hydrogen) atoms. The van der Waals surface area contributed by atoms with Crippen molar-refractivity contribution >= 4 is 117 Å². The van der Waals surface area contributed by atoms with Crippen LogP contribution in [0.4, 0.5) is 51.2 Å². The monoisotopic (exact) mass is 899 g/mol. The van der Waals surface area contributed by atoms with Crippen molar-refractivity contribution in [3.8, 4) is 0 Å². The Morgan fingerprint density at radius 3 is 1.07 bits per heavy atom. The Hall–Kier alpha value is -8.08. The molecule has 2 heterocycles. The maximum absolute atomic E-state index is 2.58. The Labute approximate surface area is 412 Å². The van der Waals surface area contributed by atoms with Crippen LogP contribution in [0.15, 0.2) is 218 Å². The second kappa shape index (κ2) is 15.7. The molecular formula is C66H54BN3. The summed E-state index contributed by atoms with van der Waals surface area (Å²) in [6, 6.07) is 82.3. The van der Waals surface area contributed by atoms with Gasteiger partial charge in [0.15, 0.2) is 0 Å². The highest BCUT2D eigenvalue weighted by molar-refractivity contribution is 7.00. The molecule has 13 rings (SSSR count). The fraction of sp³-hybridized carbons (Fsp3) is 0.121. The molecule has 336 valence electrons. The summed E-state index contributed by atoms with van der Waals surface area (Å²) in [5.41, 5.74) is 16.6. The molecule has 3 nitrogen and oxygen atoms in total. The number of nitrogens with zero attached hydrogens (tertiary/aromatic N) is 3. The summed E-state index contributed by atoms with van der Waals surface area (Å²) in [6.07, 6.45) is 0. The number of hydrogen-bond donors (Lipinski definition) is 0. The van der Waals surface area contributed by atoms with E-state index in [1.807, 2.05) is 0 Å². The highest BCUT2D eigenvalue weighted by Crippen LogP contribution is 2.51. The first kappa shape index (κ1) is 42.1. The van der Waals surface area contributed by atoms with Gasteiger partial charge in [-0.15, -0.1) is 0 Å². The van der Waals surface area contributed by atoms with Crippen LogP contribution in [0.3, 0.4) is 0 Å². The van der Waals surface area contributed by atoms with Gasteiger partial charge in [0.2, 0.25) is 0 Å². The van der Waals surface area contributed by atoms with Crippen LogP contribution in [-0.4, -0.2) is 6.71 Å². The van der Waals surface area contributed by atoms with Gasteiger partial charge in [0, 0.05) is 45.5 Å². The summed E-state index contributed by atoms with van der Waals surface area (Å²) in [7, 11) is 0. The van der Waals surface area contributed by atoms with Gasteiger partial charge in [-0.25, -0.2) is 0 Å². The van der Waals surface area contributed by atoms with Gasteiger partial charge < -0.3 is 14.7 Å². The van der Waals surface area contributed by atoms with E-state index in [4.69, 9.17) is 0 Å². The molecule has 0 saturated heterocycles. The van der Waals surface area contributed by atoms with E-state index in [9.17, 15) is 0 Å². The van der Waals surface area contributed by atoms with E-state index in [1.54, 1.807) is 0 Å². The standard InChI is InChI=1S/C66H54BN3/c1-65(2,3)54-27-15-17-29-58(54)70(59-30-18-16-28-55(59)66(4,5)6)53-41-62-64-63(42-53)69(52-34-32-44-20-8-10-22-46(44)36-52)61-40-50-26-14-12-24-48(50)38-57(61)67(64)56-37-47-23-11-13-25-49(47)39-60(56)68(62)51-33-31-43-19-7-9-21-45(43)35-51/h7-42H,1-6H3. The van der Waals surface area contributed by atoms with Crippen LogP contribution in [0.2, 0.25) is 0 Å². The number of benzene rings is 11. The maximum Gasteiger partial charge on any atom is 0.252 e. The van der Waals surface area contributed by atoms with E-state index in [0.717, 1.165) is 17.1 Å². The van der Waals surface area contributed by atoms with Gasteiger partial charge in [0.25, 0.3) is 6.71 Å². The Kier molecular flexibility index (Phi) is 9.45. The minimum Gasteiger partial charge on any atom is -0.311 e. The third-order valence-corrected chi connectivity index (χ3v) is 14.9. The van der Waals surface area contributed by atoms with E-state index in [-0.39, 0.29) is 17.5 Å². The van der Waals surface area contributed by atoms with Crippen molar-refractivity contribution in [1.29, 1.82) is 0 Å². The van der Waals surface area contributed by atoms with Crippen molar-refractivity contribution in [3.05, 3.63) is 230 Å². The van der Waals surface area contributed by atoms with Crippen LogP contribution in [0, 0.1) is 0 Å². The summed E-state index contributed by atoms with van der Waals surface area (Å²) in [6.45, 7) is 14.0. The van der Waals surface area contributed by atoms with E-state index in [0.29, 0.717) is 0 Å². The molecule has 0 fully saturated rings. The molecule has 0 aliphatic carbocycles. The van der Waals surface area contributed by atoms with Crippen LogP contribution in [0.25, 0.3) is 43.1 Å². The minimum absolute atomic E-state index is 0.0659. The van der Waals surface area contributed by atoms with Gasteiger partial charge in [-0.2, -0.15) is 0 Å². The van der Waals surface area contributed by atoms with Gasteiger partial charge >= 0.3 is 0 Å². The third-order valence-electron chi connectivity index (χ3n) is 14.9. The molecule has 0 bridgehead atoms. The number of rotatable bonds is 5. The lowest BCUT2D eigenvalue weighted by atomic mass is 9.33. The SMILES string of the molecule is CC(C)(C)c1ccccc1N(c1cc2c3c(c1)N(c1ccc4ccccc4c1)c1cc4ccccc4cc1B3c1cc3ccccc3cc1N2c1ccc2ccccc2c1)c1ccccc1C(C)(C)C. The Morgan fingerprint density at radius 1 is 0.329 bits per heavy atom. The van der Waals surface area contributed by atoms with Crippen molar-refractivity contribution in [3.63, 3.8) is 0 Å². The van der Waals surface area contributed by atoms with Gasteiger partial charge in [-0.1, -0.05) is 199 Å². The molecule has 11 aromatic carbocycles. The predicted molar refractivity (Wildman–Crippen MR) is 303 cm³/mol. The maximum atomic E-state index is 2.58. The first-order chi connectivity index (χ1) is 34.0. The van der Waals surface area contributed by atoms with Crippen molar-refractivity contribution < 1.29 is 0 Å². The summed E-state index contributed by atoms with van der Waals surface area (Å²) in [4.78, 5) is 7.75. The molecule has 11 aromatic rings. The van der Waals surface area contributed by atoms with Crippen LogP contribution < -0.4 is 31.1 Å². The van der Waals surface area contributed by atoms with E-state index in [1.165, 1.54) is 105 Å². The number of anilines is 9. The molecule has 0 aromatic heterocycles. The smallest absolute Gasteiger partial charge is 0.252 e. The van der Waals surface area contributed by atoms with Crippen LogP contribution in [0.1, 0.15) is 52.7 Å². The van der Waals surface area contributed by atoms with Gasteiger partial charge in [0.1, 0.15) is 0 Å². The molecule has 0 saturated carbocycles. The zero-order valence-electron chi connectivity index (χ0n) is 40.7. The molecule has 2 aliphatic rings. The number of para-hydroxylation sites is 2. The van der Waals surface area contributed by atoms with E-state index in [2.05, 4.69) is 275 Å². The normalized spacial score (nSPS) is 13.2. The van der Waals surface area contributed by atoms with Crippen molar-refractivity contribution in [2.75, 3.05) is 14.7 Å². The molecule has 2 aliphatic heterocycles. The van der Waals surface area contributed by atoms with E-state index < -0.39 is 0 Å². The largest absolute Gasteiger partial charge is 0.311 e. The topological polar surface area (TPSA) is 9.72 Å². The summed E-state index contributed by atoms with van der Waals surface area (Å²) < 4.78 is 0. The zero-order valence-corrected chi connectivity index (χ0v) is 40.7. The second-order valence-corrected chi connectivity index (χ2v) is 21.5. The highest BCUT2D eigenvalue weighted by atomic mass is 15.2. The summed E-state index contributed by atoms with van der Waals surface area (Å²) >= 11 is 0. The fourth-order valence-corrected chi connectivity index (χ4v) is 11.7. The van der Waals surface area contributed by atoms with Crippen LogP contribution in [-0.2, 0) is 10.8 Å². The molecule has 0 N–H and O–H groups in total. The van der Waals surface area contributed by atoms with Gasteiger partial charge in [0.05, 0.1) is 5.69 Å². The Bertz CT molecular complexity index is 3660. The first-order valence-electron chi connectivity index (χ1n) is 24.8. The summed E-state index contributed by atoms with van der Waals surface area (Å²) in [5, 5.41) is 9.80. The molecule has 0 amide bonds. The molecule has 0 atom stereocenters. The fourth-order valence-electron chi connectivity index (χ4n) is 11.7.